The number of carbonyl (C=O) groups excluding carboxylic acids is 1. The number of para-hydroxylation sites is 1. The van der Waals surface area contributed by atoms with Gasteiger partial charge in [0, 0.05) is 17.3 Å². The zero-order chi connectivity index (χ0) is 22.3. The molecular weight excluding hydrogens is 446 g/mol. The Morgan fingerprint density at radius 2 is 1.88 bits per heavy atom. The Bertz CT molecular complexity index is 1150. The van der Waals surface area contributed by atoms with Crippen LogP contribution < -0.4 is 14.8 Å². The molecule has 2 aromatic carbocycles. The number of ether oxygens (including phenoxy) is 2. The Kier molecular flexibility index (Phi) is 7.03. The SMILES string of the molecule is COc1ccc(OCc2nnc(S[C@H](C)C(=O)Nc3nccs3)n2-c2ccccc2)cc1. The molecule has 0 radical (unpaired) electrons. The second kappa shape index (κ2) is 10.3. The fourth-order valence-corrected chi connectivity index (χ4v) is 4.25. The highest BCUT2D eigenvalue weighted by molar-refractivity contribution is 8.00. The van der Waals surface area contributed by atoms with Crippen LogP contribution in [0.1, 0.15) is 12.7 Å². The molecule has 32 heavy (non-hydrogen) atoms. The van der Waals surface area contributed by atoms with E-state index in [0.29, 0.717) is 21.9 Å². The maximum absolute atomic E-state index is 12.6. The van der Waals surface area contributed by atoms with Crippen molar-refractivity contribution in [1.29, 1.82) is 0 Å². The predicted octanol–water partition coefficient (Wildman–Crippen LogP) is 4.43. The summed E-state index contributed by atoms with van der Waals surface area (Å²) in [5, 5.41) is 14.1. The number of hydrogen-bond donors (Lipinski definition) is 1. The molecule has 0 aliphatic carbocycles. The van der Waals surface area contributed by atoms with E-state index in [1.807, 2.05) is 71.5 Å². The number of benzene rings is 2. The van der Waals surface area contributed by atoms with E-state index in [1.165, 1.54) is 23.1 Å². The number of methoxy groups -OCH3 is 1. The molecule has 8 nitrogen and oxygen atoms in total. The van der Waals surface area contributed by atoms with Crippen LogP contribution in [0.2, 0.25) is 0 Å². The van der Waals surface area contributed by atoms with Crippen molar-refractivity contribution in [1.82, 2.24) is 19.7 Å². The fraction of sp³-hybridized carbons (Fsp3) is 0.182. The van der Waals surface area contributed by atoms with E-state index >= 15 is 0 Å². The molecule has 0 aliphatic heterocycles. The van der Waals surface area contributed by atoms with E-state index in [2.05, 4.69) is 20.5 Å². The van der Waals surface area contributed by atoms with Crippen LogP contribution in [-0.4, -0.2) is 38.0 Å². The van der Waals surface area contributed by atoms with Gasteiger partial charge in [0.1, 0.15) is 18.1 Å². The minimum Gasteiger partial charge on any atom is -0.497 e. The van der Waals surface area contributed by atoms with Gasteiger partial charge in [-0.15, -0.1) is 21.5 Å². The number of nitrogens with zero attached hydrogens (tertiary/aromatic N) is 4. The van der Waals surface area contributed by atoms with Crippen molar-refractivity contribution in [2.24, 2.45) is 0 Å². The number of thioether (sulfide) groups is 1. The minimum absolute atomic E-state index is 0.149. The summed E-state index contributed by atoms with van der Waals surface area (Å²) in [5.74, 6) is 1.93. The first kappa shape index (κ1) is 21.8. The van der Waals surface area contributed by atoms with E-state index in [0.717, 1.165) is 11.4 Å². The summed E-state index contributed by atoms with van der Waals surface area (Å²) in [4.78, 5) is 16.7. The van der Waals surface area contributed by atoms with Gasteiger partial charge in [0.15, 0.2) is 16.1 Å². The average molecular weight is 468 g/mol. The van der Waals surface area contributed by atoms with E-state index in [4.69, 9.17) is 9.47 Å². The van der Waals surface area contributed by atoms with Crippen LogP contribution in [0.25, 0.3) is 5.69 Å². The molecule has 0 saturated carbocycles. The lowest BCUT2D eigenvalue weighted by molar-refractivity contribution is -0.115. The molecule has 1 N–H and O–H groups in total. The Hall–Kier alpha value is -3.37. The average Bonchev–Trinajstić information content (AvgIpc) is 3.48. The summed E-state index contributed by atoms with van der Waals surface area (Å²) in [6.07, 6.45) is 1.65. The number of rotatable bonds is 9. The second-order valence-corrected chi connectivity index (χ2v) is 8.82. The summed E-state index contributed by atoms with van der Waals surface area (Å²) < 4.78 is 13.0. The Morgan fingerprint density at radius 1 is 1.12 bits per heavy atom. The van der Waals surface area contributed by atoms with E-state index in [-0.39, 0.29) is 12.5 Å². The summed E-state index contributed by atoms with van der Waals surface area (Å²) in [5.41, 5.74) is 0.890. The number of hydrogen-bond acceptors (Lipinski definition) is 8. The zero-order valence-corrected chi connectivity index (χ0v) is 19.1. The molecule has 4 rings (SSSR count). The van der Waals surface area contributed by atoms with Crippen molar-refractivity contribution >= 4 is 34.1 Å². The minimum atomic E-state index is -0.402. The molecule has 0 bridgehead atoms. The van der Waals surface area contributed by atoms with Gasteiger partial charge in [-0.1, -0.05) is 30.0 Å². The lowest BCUT2D eigenvalue weighted by atomic mass is 10.3. The largest absolute Gasteiger partial charge is 0.497 e. The molecule has 164 valence electrons. The molecule has 2 aromatic heterocycles. The lowest BCUT2D eigenvalue weighted by Gasteiger charge is -2.13. The Morgan fingerprint density at radius 3 is 2.56 bits per heavy atom. The van der Waals surface area contributed by atoms with Gasteiger partial charge in [-0.25, -0.2) is 4.98 Å². The summed E-state index contributed by atoms with van der Waals surface area (Å²) in [7, 11) is 1.62. The first-order chi connectivity index (χ1) is 15.6. The number of aromatic nitrogens is 4. The first-order valence-corrected chi connectivity index (χ1v) is 11.5. The zero-order valence-electron chi connectivity index (χ0n) is 17.5. The quantitative estimate of drug-likeness (QED) is 0.364. The van der Waals surface area contributed by atoms with Crippen LogP contribution in [0.3, 0.4) is 0 Å². The van der Waals surface area contributed by atoms with Crippen LogP contribution in [-0.2, 0) is 11.4 Å². The summed E-state index contributed by atoms with van der Waals surface area (Å²) in [6, 6.07) is 17.1. The smallest absolute Gasteiger partial charge is 0.239 e. The van der Waals surface area contributed by atoms with Gasteiger partial charge in [-0.05, 0) is 43.3 Å². The van der Waals surface area contributed by atoms with Gasteiger partial charge in [0.05, 0.1) is 12.4 Å². The van der Waals surface area contributed by atoms with E-state index in [1.54, 1.807) is 13.3 Å². The summed E-state index contributed by atoms with van der Waals surface area (Å²) in [6.45, 7) is 2.04. The highest BCUT2D eigenvalue weighted by Crippen LogP contribution is 2.27. The monoisotopic (exact) mass is 467 g/mol. The standard InChI is InChI=1S/C22H21N5O3S2/c1-15(20(28)24-21-23-12-13-31-21)32-22-26-25-19(27(22)16-6-4-3-5-7-16)14-30-18-10-8-17(29-2)9-11-18/h3-13,15H,14H2,1-2H3,(H,23,24,28)/t15-/m1/s1. The molecule has 1 amide bonds. The number of nitrogens with one attached hydrogen (secondary N) is 1. The summed E-state index contributed by atoms with van der Waals surface area (Å²) >= 11 is 2.70. The normalized spacial score (nSPS) is 11.7. The van der Waals surface area contributed by atoms with Gasteiger partial charge in [-0.3, -0.25) is 9.36 Å². The maximum Gasteiger partial charge on any atom is 0.239 e. The first-order valence-electron chi connectivity index (χ1n) is 9.77. The number of anilines is 1. The van der Waals surface area contributed by atoms with Crippen molar-refractivity contribution < 1.29 is 14.3 Å². The third kappa shape index (κ3) is 5.27. The topological polar surface area (TPSA) is 91.2 Å². The number of thiazole rings is 1. The van der Waals surface area contributed by atoms with Gasteiger partial charge in [0.25, 0.3) is 0 Å². The van der Waals surface area contributed by atoms with Crippen molar-refractivity contribution in [3.63, 3.8) is 0 Å². The second-order valence-electron chi connectivity index (χ2n) is 6.62. The highest BCUT2D eigenvalue weighted by atomic mass is 32.2. The van der Waals surface area contributed by atoms with Gasteiger partial charge in [-0.2, -0.15) is 0 Å². The van der Waals surface area contributed by atoms with Gasteiger partial charge < -0.3 is 14.8 Å². The molecule has 0 spiro atoms. The molecule has 0 saturated heterocycles. The Labute approximate surface area is 193 Å². The molecule has 0 aliphatic rings. The molecule has 10 heteroatoms. The molecule has 1 atom stereocenters. The van der Waals surface area contributed by atoms with Gasteiger partial charge >= 0.3 is 0 Å². The molecule has 0 unspecified atom stereocenters. The maximum atomic E-state index is 12.6. The third-order valence-electron chi connectivity index (χ3n) is 4.46. The fourth-order valence-electron chi connectivity index (χ4n) is 2.83. The van der Waals surface area contributed by atoms with Crippen LogP contribution >= 0.6 is 23.1 Å². The number of amides is 1. The predicted molar refractivity (Wildman–Crippen MR) is 125 cm³/mol. The van der Waals surface area contributed by atoms with Crippen molar-refractivity contribution in [2.45, 2.75) is 23.9 Å². The van der Waals surface area contributed by atoms with Crippen LogP contribution in [0.4, 0.5) is 5.13 Å². The Balaban J connectivity index is 1.53. The highest BCUT2D eigenvalue weighted by Gasteiger charge is 2.22. The van der Waals surface area contributed by atoms with Crippen LogP contribution in [0, 0.1) is 0 Å². The lowest BCUT2D eigenvalue weighted by Crippen LogP contribution is -2.22. The molecule has 0 fully saturated rings. The van der Waals surface area contributed by atoms with E-state index < -0.39 is 5.25 Å². The molecule has 2 heterocycles. The van der Waals surface area contributed by atoms with Crippen molar-refractivity contribution in [3.05, 3.63) is 72.0 Å². The van der Waals surface area contributed by atoms with Crippen molar-refractivity contribution in [3.8, 4) is 17.2 Å². The van der Waals surface area contributed by atoms with Crippen LogP contribution in [0.5, 0.6) is 11.5 Å². The van der Waals surface area contributed by atoms with Gasteiger partial charge in [0.2, 0.25) is 5.91 Å². The van der Waals surface area contributed by atoms with E-state index in [9.17, 15) is 4.79 Å². The van der Waals surface area contributed by atoms with Crippen molar-refractivity contribution in [2.75, 3.05) is 12.4 Å². The number of carbonyl (C=O) groups is 1. The molecular formula is C22H21N5O3S2. The third-order valence-corrected chi connectivity index (χ3v) is 6.19. The van der Waals surface area contributed by atoms with Crippen LogP contribution in [0.15, 0.2) is 71.3 Å². The molecule has 4 aromatic rings.